The quantitative estimate of drug-likeness (QED) is 0.788. The Labute approximate surface area is 121 Å². The van der Waals surface area contributed by atoms with Crippen LogP contribution in [0.3, 0.4) is 0 Å². The second-order valence-corrected chi connectivity index (χ2v) is 5.14. The van der Waals surface area contributed by atoms with Gasteiger partial charge in [0, 0.05) is 10.0 Å². The molecule has 0 aliphatic heterocycles. The zero-order valence-electron chi connectivity index (χ0n) is 10.9. The molecule has 0 aliphatic carbocycles. The molecule has 0 fully saturated rings. The molecule has 0 spiro atoms. The number of halogens is 1. The van der Waals surface area contributed by atoms with Gasteiger partial charge in [-0.2, -0.15) is 0 Å². The zero-order chi connectivity index (χ0) is 13.8. The first-order chi connectivity index (χ1) is 9.15. The van der Waals surface area contributed by atoms with Crippen LogP contribution >= 0.6 is 15.9 Å². The molecule has 0 saturated heterocycles. The number of hydrogen-bond donors (Lipinski definition) is 0. The van der Waals surface area contributed by atoms with E-state index >= 15 is 0 Å². The summed E-state index contributed by atoms with van der Waals surface area (Å²) in [5, 5.41) is 0. The van der Waals surface area contributed by atoms with Crippen molar-refractivity contribution in [2.45, 2.75) is 13.3 Å². The molecular formula is C16H15BrO2. The Morgan fingerprint density at radius 2 is 2.00 bits per heavy atom. The van der Waals surface area contributed by atoms with Crippen LogP contribution in [0.1, 0.15) is 28.4 Å². The summed E-state index contributed by atoms with van der Waals surface area (Å²) in [5.74, 6) is 0.570. The highest BCUT2D eigenvalue weighted by atomic mass is 79.9. The van der Waals surface area contributed by atoms with E-state index in [2.05, 4.69) is 22.9 Å². The van der Waals surface area contributed by atoms with Gasteiger partial charge in [-0.1, -0.05) is 41.1 Å². The number of carbonyl (C=O) groups excluding carboxylic acids is 1. The van der Waals surface area contributed by atoms with Gasteiger partial charge >= 0.3 is 0 Å². The largest absolute Gasteiger partial charge is 0.496 e. The zero-order valence-corrected chi connectivity index (χ0v) is 12.5. The number of hydrogen-bond acceptors (Lipinski definition) is 2. The molecule has 2 aromatic carbocycles. The smallest absolute Gasteiger partial charge is 0.196 e. The Balaban J connectivity index is 2.43. The van der Waals surface area contributed by atoms with Crippen LogP contribution in [0.25, 0.3) is 0 Å². The van der Waals surface area contributed by atoms with Crippen LogP contribution in [0, 0.1) is 0 Å². The molecule has 0 saturated carbocycles. The molecule has 0 unspecified atom stereocenters. The summed E-state index contributed by atoms with van der Waals surface area (Å²) < 4.78 is 6.17. The van der Waals surface area contributed by atoms with Crippen molar-refractivity contribution in [1.82, 2.24) is 0 Å². The second-order valence-electron chi connectivity index (χ2n) is 4.23. The SMILES string of the molecule is CCc1cccc(C(=O)c2ccc(Br)cc2OC)c1. The van der Waals surface area contributed by atoms with E-state index in [4.69, 9.17) is 4.74 Å². The molecule has 0 N–H and O–H groups in total. The van der Waals surface area contributed by atoms with Crippen molar-refractivity contribution in [1.29, 1.82) is 0 Å². The molecule has 0 amide bonds. The number of rotatable bonds is 4. The average Bonchev–Trinajstić information content (AvgIpc) is 2.46. The van der Waals surface area contributed by atoms with Crippen molar-refractivity contribution in [3.8, 4) is 5.75 Å². The number of benzene rings is 2. The molecule has 3 heteroatoms. The van der Waals surface area contributed by atoms with Gasteiger partial charge < -0.3 is 4.74 Å². The molecule has 0 heterocycles. The van der Waals surface area contributed by atoms with Crippen molar-refractivity contribution in [2.24, 2.45) is 0 Å². The summed E-state index contributed by atoms with van der Waals surface area (Å²) in [6.45, 7) is 2.07. The third kappa shape index (κ3) is 3.04. The minimum absolute atomic E-state index is 0.0142. The Hall–Kier alpha value is -1.61. The highest BCUT2D eigenvalue weighted by Gasteiger charge is 2.14. The fourth-order valence-corrected chi connectivity index (χ4v) is 2.28. The standard InChI is InChI=1S/C16H15BrO2/c1-3-11-5-4-6-12(9-11)16(18)14-8-7-13(17)10-15(14)19-2/h4-10H,3H2,1-2H3. The Kier molecular flexibility index (Phi) is 4.38. The fourth-order valence-electron chi connectivity index (χ4n) is 1.94. The van der Waals surface area contributed by atoms with E-state index in [0.717, 1.165) is 16.5 Å². The van der Waals surface area contributed by atoms with Crippen LogP contribution in [0.4, 0.5) is 0 Å². The third-order valence-corrected chi connectivity index (χ3v) is 3.50. The maximum absolute atomic E-state index is 12.5. The van der Waals surface area contributed by atoms with Crippen LogP contribution < -0.4 is 4.74 Å². The van der Waals surface area contributed by atoms with E-state index in [0.29, 0.717) is 16.9 Å². The van der Waals surface area contributed by atoms with Crippen LogP contribution in [0.2, 0.25) is 0 Å². The van der Waals surface area contributed by atoms with Gasteiger partial charge in [-0.25, -0.2) is 0 Å². The third-order valence-electron chi connectivity index (χ3n) is 3.01. The van der Waals surface area contributed by atoms with Crippen LogP contribution in [-0.2, 0) is 6.42 Å². The van der Waals surface area contributed by atoms with E-state index < -0.39 is 0 Å². The first-order valence-electron chi connectivity index (χ1n) is 6.13. The number of methoxy groups -OCH3 is 1. The summed E-state index contributed by atoms with van der Waals surface area (Å²) in [6.07, 6.45) is 0.915. The predicted molar refractivity (Wildman–Crippen MR) is 79.9 cm³/mol. The lowest BCUT2D eigenvalue weighted by Crippen LogP contribution is -2.04. The maximum atomic E-state index is 12.5. The first kappa shape index (κ1) is 13.8. The van der Waals surface area contributed by atoms with Crippen LogP contribution in [0.5, 0.6) is 5.75 Å². The average molecular weight is 319 g/mol. The van der Waals surface area contributed by atoms with Crippen LogP contribution in [-0.4, -0.2) is 12.9 Å². The Morgan fingerprint density at radius 3 is 2.68 bits per heavy atom. The van der Waals surface area contributed by atoms with Gasteiger partial charge in [0.1, 0.15) is 5.75 Å². The molecule has 2 rings (SSSR count). The minimum Gasteiger partial charge on any atom is -0.496 e. The molecule has 2 aromatic rings. The lowest BCUT2D eigenvalue weighted by Gasteiger charge is -2.09. The van der Waals surface area contributed by atoms with Gasteiger partial charge in [0.15, 0.2) is 5.78 Å². The highest BCUT2D eigenvalue weighted by Crippen LogP contribution is 2.26. The molecule has 0 bridgehead atoms. The number of ketones is 1. The van der Waals surface area contributed by atoms with Gasteiger partial charge in [0.2, 0.25) is 0 Å². The molecular weight excluding hydrogens is 304 g/mol. The summed E-state index contributed by atoms with van der Waals surface area (Å²) in [5.41, 5.74) is 2.43. The Morgan fingerprint density at radius 1 is 1.21 bits per heavy atom. The molecule has 0 atom stereocenters. The summed E-state index contributed by atoms with van der Waals surface area (Å²) in [4.78, 5) is 12.5. The maximum Gasteiger partial charge on any atom is 0.196 e. The molecule has 0 aliphatic rings. The van der Waals surface area contributed by atoms with Crippen molar-refractivity contribution >= 4 is 21.7 Å². The van der Waals surface area contributed by atoms with Crippen molar-refractivity contribution in [3.05, 3.63) is 63.6 Å². The first-order valence-corrected chi connectivity index (χ1v) is 6.92. The van der Waals surface area contributed by atoms with Gasteiger partial charge in [-0.3, -0.25) is 4.79 Å². The topological polar surface area (TPSA) is 26.3 Å². The number of carbonyl (C=O) groups is 1. The molecule has 2 nitrogen and oxygen atoms in total. The fraction of sp³-hybridized carbons (Fsp3) is 0.188. The van der Waals surface area contributed by atoms with Crippen molar-refractivity contribution in [2.75, 3.05) is 7.11 Å². The predicted octanol–water partition coefficient (Wildman–Crippen LogP) is 4.25. The highest BCUT2D eigenvalue weighted by molar-refractivity contribution is 9.10. The van der Waals surface area contributed by atoms with Gasteiger partial charge in [-0.05, 0) is 36.2 Å². The lowest BCUT2D eigenvalue weighted by molar-refractivity contribution is 0.103. The lowest BCUT2D eigenvalue weighted by atomic mass is 10.00. The number of aryl methyl sites for hydroxylation is 1. The van der Waals surface area contributed by atoms with Crippen molar-refractivity contribution in [3.63, 3.8) is 0 Å². The molecule has 98 valence electrons. The van der Waals surface area contributed by atoms with E-state index in [1.54, 1.807) is 19.2 Å². The Bertz CT molecular complexity index is 605. The number of ether oxygens (including phenoxy) is 1. The van der Waals surface area contributed by atoms with E-state index in [9.17, 15) is 4.79 Å². The van der Waals surface area contributed by atoms with E-state index in [-0.39, 0.29) is 5.78 Å². The molecule has 0 aromatic heterocycles. The van der Waals surface area contributed by atoms with Gasteiger partial charge in [0.25, 0.3) is 0 Å². The van der Waals surface area contributed by atoms with E-state index in [1.165, 1.54) is 0 Å². The minimum atomic E-state index is -0.0142. The van der Waals surface area contributed by atoms with E-state index in [1.807, 2.05) is 30.3 Å². The summed E-state index contributed by atoms with van der Waals surface area (Å²) >= 11 is 3.37. The molecule has 19 heavy (non-hydrogen) atoms. The van der Waals surface area contributed by atoms with Gasteiger partial charge in [-0.15, -0.1) is 0 Å². The summed E-state index contributed by atoms with van der Waals surface area (Å²) in [7, 11) is 1.57. The normalized spacial score (nSPS) is 10.3. The van der Waals surface area contributed by atoms with Gasteiger partial charge in [0.05, 0.1) is 12.7 Å². The molecule has 0 radical (unpaired) electrons. The second kappa shape index (κ2) is 6.02. The van der Waals surface area contributed by atoms with Crippen molar-refractivity contribution < 1.29 is 9.53 Å². The summed E-state index contributed by atoms with van der Waals surface area (Å²) in [6, 6.07) is 13.1. The monoisotopic (exact) mass is 318 g/mol. The van der Waals surface area contributed by atoms with Crippen LogP contribution in [0.15, 0.2) is 46.9 Å².